The van der Waals surface area contributed by atoms with E-state index < -0.39 is 0 Å². The van der Waals surface area contributed by atoms with E-state index in [2.05, 4.69) is 22.3 Å². The van der Waals surface area contributed by atoms with Crippen LogP contribution in [-0.2, 0) is 20.9 Å². The number of amides is 1. The number of benzene rings is 1. The number of nitrogens with one attached hydrogen (secondary N) is 1. The maximum absolute atomic E-state index is 12.3. The quantitative estimate of drug-likeness (QED) is 0.725. The first-order valence-electron chi connectivity index (χ1n) is 10.1. The zero-order valence-electron chi connectivity index (χ0n) is 15.4. The minimum atomic E-state index is -0.246. The van der Waals surface area contributed by atoms with Crippen molar-refractivity contribution in [1.29, 1.82) is 0 Å². The van der Waals surface area contributed by atoms with Crippen molar-refractivity contribution in [2.24, 2.45) is 5.92 Å². The van der Waals surface area contributed by atoms with E-state index >= 15 is 0 Å². The number of nitrogens with zero attached hydrogens (tertiary/aromatic N) is 1. The van der Waals surface area contributed by atoms with Crippen molar-refractivity contribution in [2.45, 2.75) is 57.0 Å². The van der Waals surface area contributed by atoms with Crippen molar-refractivity contribution in [2.75, 3.05) is 26.2 Å². The lowest BCUT2D eigenvalue weighted by Gasteiger charge is -2.35. The maximum Gasteiger partial charge on any atom is 0.249 e. The Hall–Kier alpha value is -1.43. The van der Waals surface area contributed by atoms with E-state index in [1.165, 1.54) is 18.4 Å². The van der Waals surface area contributed by atoms with E-state index in [1.54, 1.807) is 0 Å². The van der Waals surface area contributed by atoms with Crippen LogP contribution >= 0.6 is 0 Å². The van der Waals surface area contributed by atoms with Crippen LogP contribution in [0.15, 0.2) is 30.3 Å². The van der Waals surface area contributed by atoms with E-state index in [0.717, 1.165) is 45.5 Å². The van der Waals surface area contributed by atoms with Gasteiger partial charge in [-0.25, -0.2) is 0 Å². The summed E-state index contributed by atoms with van der Waals surface area (Å²) in [6.45, 7) is 4.22. The number of carbonyl (C=O) groups is 1. The molecule has 3 fully saturated rings. The molecule has 26 heavy (non-hydrogen) atoms. The fourth-order valence-corrected chi connectivity index (χ4v) is 4.11. The van der Waals surface area contributed by atoms with Crippen LogP contribution in [0.25, 0.3) is 0 Å². The topological polar surface area (TPSA) is 50.8 Å². The van der Waals surface area contributed by atoms with Gasteiger partial charge in [-0.1, -0.05) is 30.3 Å². The van der Waals surface area contributed by atoms with Gasteiger partial charge in [-0.05, 0) is 43.6 Å². The first-order valence-corrected chi connectivity index (χ1v) is 10.1. The van der Waals surface area contributed by atoms with Gasteiger partial charge in [-0.3, -0.25) is 9.69 Å². The average molecular weight is 358 g/mol. The number of hydrogen-bond donors (Lipinski definition) is 1. The number of carbonyl (C=O) groups excluding carboxylic acids is 1. The minimum Gasteiger partial charge on any atom is -0.375 e. The molecule has 3 atom stereocenters. The molecule has 1 aromatic rings. The molecule has 0 unspecified atom stereocenters. The van der Waals surface area contributed by atoms with Crippen LogP contribution in [0.2, 0.25) is 0 Å². The Morgan fingerprint density at radius 1 is 1.15 bits per heavy atom. The van der Waals surface area contributed by atoms with Crippen LogP contribution in [0.1, 0.15) is 37.7 Å². The molecular weight excluding hydrogens is 328 g/mol. The van der Waals surface area contributed by atoms with Gasteiger partial charge in [-0.2, -0.15) is 0 Å². The Morgan fingerprint density at radius 3 is 2.81 bits per heavy atom. The molecule has 1 saturated carbocycles. The highest BCUT2D eigenvalue weighted by Crippen LogP contribution is 2.32. The molecule has 1 aliphatic carbocycles. The summed E-state index contributed by atoms with van der Waals surface area (Å²) in [4.78, 5) is 14.8. The van der Waals surface area contributed by atoms with Gasteiger partial charge in [0, 0.05) is 25.7 Å². The summed E-state index contributed by atoms with van der Waals surface area (Å²) in [5.41, 5.74) is 1.22. The van der Waals surface area contributed by atoms with Crippen LogP contribution in [0.5, 0.6) is 0 Å². The number of fused-ring (bicyclic) bond motifs is 1. The molecule has 0 spiro atoms. The fraction of sp³-hybridized carbons (Fsp3) is 0.667. The molecule has 1 amide bonds. The van der Waals surface area contributed by atoms with E-state index in [9.17, 15) is 4.79 Å². The molecule has 0 bridgehead atoms. The number of rotatable bonds is 8. The molecule has 1 aromatic carbocycles. The SMILES string of the molecule is O=C(NCC1CC1)[C@@H]1CC[C@@H]2[C@@H](CCN2CCOCc2ccccc2)O1. The third-order valence-corrected chi connectivity index (χ3v) is 5.85. The molecule has 0 radical (unpaired) electrons. The second kappa shape index (κ2) is 8.51. The molecule has 3 aliphatic rings. The Kier molecular flexibility index (Phi) is 5.88. The van der Waals surface area contributed by atoms with Gasteiger partial charge in [0.25, 0.3) is 0 Å². The van der Waals surface area contributed by atoms with Crippen molar-refractivity contribution >= 4 is 5.91 Å². The van der Waals surface area contributed by atoms with E-state index in [-0.39, 0.29) is 18.1 Å². The highest BCUT2D eigenvalue weighted by Gasteiger charge is 2.41. The summed E-state index contributed by atoms with van der Waals surface area (Å²) in [5, 5.41) is 3.07. The molecule has 2 aliphatic heterocycles. The molecular formula is C21H30N2O3. The van der Waals surface area contributed by atoms with Gasteiger partial charge in [-0.15, -0.1) is 0 Å². The van der Waals surface area contributed by atoms with Crippen molar-refractivity contribution in [3.05, 3.63) is 35.9 Å². The summed E-state index contributed by atoms with van der Waals surface area (Å²) in [7, 11) is 0. The summed E-state index contributed by atoms with van der Waals surface area (Å²) in [6, 6.07) is 10.7. The van der Waals surface area contributed by atoms with Crippen molar-refractivity contribution in [1.82, 2.24) is 10.2 Å². The van der Waals surface area contributed by atoms with E-state index in [4.69, 9.17) is 9.47 Å². The monoisotopic (exact) mass is 358 g/mol. The predicted molar refractivity (Wildman–Crippen MR) is 99.7 cm³/mol. The molecule has 1 N–H and O–H groups in total. The lowest BCUT2D eigenvalue weighted by molar-refractivity contribution is -0.144. The normalized spacial score (nSPS) is 28.7. The second-order valence-electron chi connectivity index (χ2n) is 7.86. The zero-order valence-corrected chi connectivity index (χ0v) is 15.4. The number of likely N-dealkylation sites (tertiary alicyclic amines) is 1. The molecule has 2 heterocycles. The predicted octanol–water partition coefficient (Wildman–Crippen LogP) is 2.35. The van der Waals surface area contributed by atoms with Crippen LogP contribution < -0.4 is 5.32 Å². The van der Waals surface area contributed by atoms with Crippen molar-refractivity contribution in [3.8, 4) is 0 Å². The molecule has 2 saturated heterocycles. The summed E-state index contributed by atoms with van der Waals surface area (Å²) in [5.74, 6) is 0.813. The third-order valence-electron chi connectivity index (χ3n) is 5.85. The smallest absolute Gasteiger partial charge is 0.249 e. The molecule has 5 nitrogen and oxygen atoms in total. The Bertz CT molecular complexity index is 590. The van der Waals surface area contributed by atoms with Gasteiger partial charge in [0.15, 0.2) is 0 Å². The standard InChI is InChI=1S/C21H30N2O3/c24-21(22-14-16-6-7-16)20-9-8-18-19(26-20)10-11-23(18)12-13-25-15-17-4-2-1-3-5-17/h1-5,16,18-20H,6-15H2,(H,22,24)/t18-,19-,20+/m1/s1. The fourth-order valence-electron chi connectivity index (χ4n) is 4.11. The van der Waals surface area contributed by atoms with Gasteiger partial charge in [0.05, 0.1) is 19.3 Å². The lowest BCUT2D eigenvalue weighted by Crippen LogP contribution is -2.48. The third kappa shape index (κ3) is 4.64. The first kappa shape index (κ1) is 18.0. The van der Waals surface area contributed by atoms with Gasteiger partial charge in [0.2, 0.25) is 5.91 Å². The summed E-state index contributed by atoms with van der Waals surface area (Å²) in [6.07, 6.45) is 5.38. The summed E-state index contributed by atoms with van der Waals surface area (Å²) < 4.78 is 12.0. The molecule has 5 heteroatoms. The van der Waals surface area contributed by atoms with E-state index in [1.807, 2.05) is 18.2 Å². The van der Waals surface area contributed by atoms with Crippen LogP contribution in [0.3, 0.4) is 0 Å². The van der Waals surface area contributed by atoms with Crippen LogP contribution in [-0.4, -0.2) is 55.3 Å². The largest absolute Gasteiger partial charge is 0.375 e. The average Bonchev–Trinajstić information content (AvgIpc) is 3.43. The molecule has 142 valence electrons. The van der Waals surface area contributed by atoms with Crippen molar-refractivity contribution in [3.63, 3.8) is 0 Å². The second-order valence-corrected chi connectivity index (χ2v) is 7.86. The number of hydrogen-bond acceptors (Lipinski definition) is 4. The Balaban J connectivity index is 1.17. The van der Waals surface area contributed by atoms with Gasteiger partial charge in [0.1, 0.15) is 6.10 Å². The molecule has 0 aromatic heterocycles. The van der Waals surface area contributed by atoms with Crippen LogP contribution in [0.4, 0.5) is 0 Å². The summed E-state index contributed by atoms with van der Waals surface area (Å²) >= 11 is 0. The highest BCUT2D eigenvalue weighted by molar-refractivity contribution is 5.80. The first-order chi connectivity index (χ1) is 12.8. The van der Waals surface area contributed by atoms with Crippen LogP contribution in [0, 0.1) is 5.92 Å². The highest BCUT2D eigenvalue weighted by atomic mass is 16.5. The van der Waals surface area contributed by atoms with Gasteiger partial charge >= 0.3 is 0 Å². The number of ether oxygens (including phenoxy) is 2. The Morgan fingerprint density at radius 2 is 2.00 bits per heavy atom. The van der Waals surface area contributed by atoms with Crippen molar-refractivity contribution < 1.29 is 14.3 Å². The minimum absolute atomic E-state index is 0.0972. The zero-order chi connectivity index (χ0) is 17.8. The van der Waals surface area contributed by atoms with E-state index in [0.29, 0.717) is 18.6 Å². The lowest BCUT2D eigenvalue weighted by atomic mass is 9.98. The molecule has 4 rings (SSSR count). The van der Waals surface area contributed by atoms with Gasteiger partial charge < -0.3 is 14.8 Å². The maximum atomic E-state index is 12.3. The Labute approximate surface area is 156 Å².